The third-order valence-corrected chi connectivity index (χ3v) is 6.01. The maximum absolute atomic E-state index is 12.9. The van der Waals surface area contributed by atoms with Crippen LogP contribution in [0, 0.1) is 10.1 Å². The summed E-state index contributed by atoms with van der Waals surface area (Å²) in [6.45, 7) is 2.17. The number of hydrogen-bond acceptors (Lipinski definition) is 5. The van der Waals surface area contributed by atoms with Crippen LogP contribution in [0.3, 0.4) is 0 Å². The third-order valence-electron chi connectivity index (χ3n) is 3.95. The monoisotopic (exact) mass is 357 g/mol. The van der Waals surface area contributed by atoms with E-state index in [0.29, 0.717) is 19.4 Å². The van der Waals surface area contributed by atoms with Gasteiger partial charge in [0.25, 0.3) is 5.69 Å². The molecule has 1 aromatic carbocycles. The summed E-state index contributed by atoms with van der Waals surface area (Å²) in [5.74, 6) is 0. The Balaban J connectivity index is 2.40. The van der Waals surface area contributed by atoms with Crippen LogP contribution in [0.2, 0.25) is 0 Å². The second-order valence-corrected chi connectivity index (χ2v) is 7.48. The fourth-order valence-corrected chi connectivity index (χ4v) is 4.60. The van der Waals surface area contributed by atoms with Gasteiger partial charge in [-0.05, 0) is 25.8 Å². The van der Waals surface area contributed by atoms with Gasteiger partial charge >= 0.3 is 6.09 Å². The van der Waals surface area contributed by atoms with Gasteiger partial charge in [-0.25, -0.2) is 13.2 Å². The number of nitro benzene ring substituents is 1. The van der Waals surface area contributed by atoms with Crippen LogP contribution in [0.1, 0.15) is 19.8 Å². The van der Waals surface area contributed by atoms with E-state index >= 15 is 0 Å². The van der Waals surface area contributed by atoms with E-state index in [1.165, 1.54) is 23.1 Å². The van der Waals surface area contributed by atoms with Gasteiger partial charge in [-0.2, -0.15) is 4.31 Å². The first-order chi connectivity index (χ1) is 11.2. The van der Waals surface area contributed by atoms with Crippen molar-refractivity contribution in [1.29, 1.82) is 0 Å². The first kappa shape index (κ1) is 18.1. The lowest BCUT2D eigenvalue weighted by Gasteiger charge is -2.34. The SMILES string of the molecule is CC1CN(C(=O)O)CCCCN1S(=O)(=O)c1ccccc1[N+](=O)[O-]. The molecule has 0 radical (unpaired) electrons. The number of nitro groups is 1. The molecule has 1 N–H and O–H groups in total. The van der Waals surface area contributed by atoms with Crippen LogP contribution >= 0.6 is 0 Å². The van der Waals surface area contributed by atoms with Crippen molar-refractivity contribution in [2.75, 3.05) is 19.6 Å². The van der Waals surface area contributed by atoms with Gasteiger partial charge in [0.15, 0.2) is 4.90 Å². The van der Waals surface area contributed by atoms with Crippen molar-refractivity contribution in [3.63, 3.8) is 0 Å². The van der Waals surface area contributed by atoms with Crippen molar-refractivity contribution in [2.24, 2.45) is 0 Å². The molecule has 1 amide bonds. The Bertz CT molecular complexity index is 736. The van der Waals surface area contributed by atoms with Crippen LogP contribution < -0.4 is 0 Å². The molecule has 1 unspecified atom stereocenters. The molecular weight excluding hydrogens is 338 g/mol. The number of carboxylic acid groups (broad SMARTS) is 1. The maximum Gasteiger partial charge on any atom is 0.407 e. The predicted molar refractivity (Wildman–Crippen MR) is 85.3 cm³/mol. The first-order valence-corrected chi connectivity index (χ1v) is 8.92. The molecule has 1 heterocycles. The Morgan fingerprint density at radius 1 is 1.29 bits per heavy atom. The van der Waals surface area contributed by atoms with E-state index in [4.69, 9.17) is 5.11 Å². The van der Waals surface area contributed by atoms with E-state index in [-0.39, 0.29) is 18.0 Å². The zero-order valence-electron chi connectivity index (χ0n) is 13.2. The smallest absolute Gasteiger partial charge is 0.407 e. The summed E-state index contributed by atoms with van der Waals surface area (Å²) in [6, 6.07) is 4.56. The lowest BCUT2D eigenvalue weighted by molar-refractivity contribution is -0.387. The number of benzene rings is 1. The molecule has 24 heavy (non-hydrogen) atoms. The van der Waals surface area contributed by atoms with Crippen molar-refractivity contribution in [3.8, 4) is 0 Å². The van der Waals surface area contributed by atoms with E-state index in [1.54, 1.807) is 6.92 Å². The molecule has 0 aliphatic carbocycles. The average Bonchev–Trinajstić information content (AvgIpc) is 2.50. The largest absolute Gasteiger partial charge is 0.465 e. The minimum atomic E-state index is -4.10. The fraction of sp³-hybridized carbons (Fsp3) is 0.500. The number of rotatable bonds is 3. The minimum absolute atomic E-state index is 0.0230. The van der Waals surface area contributed by atoms with Gasteiger partial charge < -0.3 is 10.0 Å². The van der Waals surface area contributed by atoms with Crippen LogP contribution in [0.25, 0.3) is 0 Å². The third kappa shape index (κ3) is 3.65. The van der Waals surface area contributed by atoms with E-state index in [0.717, 1.165) is 10.4 Å². The highest BCUT2D eigenvalue weighted by atomic mass is 32.2. The summed E-state index contributed by atoms with van der Waals surface area (Å²) in [5.41, 5.74) is -0.484. The van der Waals surface area contributed by atoms with Gasteiger partial charge in [0.1, 0.15) is 0 Å². The molecule has 0 aromatic heterocycles. The lowest BCUT2D eigenvalue weighted by atomic mass is 10.2. The van der Waals surface area contributed by atoms with Crippen molar-refractivity contribution < 1.29 is 23.2 Å². The van der Waals surface area contributed by atoms with Gasteiger partial charge in [0.2, 0.25) is 10.0 Å². The second kappa shape index (κ2) is 7.14. The quantitative estimate of drug-likeness (QED) is 0.650. The molecule has 1 aliphatic heterocycles. The molecule has 1 fully saturated rings. The highest BCUT2D eigenvalue weighted by Crippen LogP contribution is 2.28. The molecule has 0 bridgehead atoms. The van der Waals surface area contributed by atoms with Gasteiger partial charge in [-0.3, -0.25) is 10.1 Å². The molecule has 132 valence electrons. The van der Waals surface area contributed by atoms with Gasteiger partial charge in [0, 0.05) is 31.7 Å². The Hall–Kier alpha value is -2.20. The number of nitrogens with zero attached hydrogens (tertiary/aromatic N) is 3. The molecule has 0 spiro atoms. The van der Waals surface area contributed by atoms with Crippen LogP contribution in [0.5, 0.6) is 0 Å². The minimum Gasteiger partial charge on any atom is -0.465 e. The zero-order chi connectivity index (χ0) is 17.9. The number of sulfonamides is 1. The summed E-state index contributed by atoms with van der Waals surface area (Å²) in [5, 5.41) is 20.3. The first-order valence-electron chi connectivity index (χ1n) is 7.48. The Morgan fingerprint density at radius 3 is 2.54 bits per heavy atom. The van der Waals surface area contributed by atoms with Crippen molar-refractivity contribution in [2.45, 2.75) is 30.7 Å². The van der Waals surface area contributed by atoms with E-state index < -0.39 is 32.8 Å². The molecule has 1 aromatic rings. The van der Waals surface area contributed by atoms with Crippen molar-refractivity contribution in [1.82, 2.24) is 9.21 Å². The molecule has 1 saturated heterocycles. The summed E-state index contributed by atoms with van der Waals surface area (Å²) in [6.07, 6.45) is -0.0950. The van der Waals surface area contributed by atoms with E-state index in [9.17, 15) is 23.3 Å². The number of hydrogen-bond donors (Lipinski definition) is 1. The van der Waals surface area contributed by atoms with Crippen molar-refractivity contribution in [3.05, 3.63) is 34.4 Å². The molecule has 9 nitrogen and oxygen atoms in total. The standard InChI is InChI=1S/C14H19N3O6S/c1-11-10-15(14(18)19)8-4-5-9-16(11)24(22,23)13-7-3-2-6-12(13)17(20)21/h2-3,6-7,11H,4-5,8-10H2,1H3,(H,18,19). The Labute approximate surface area is 139 Å². The Kier molecular flexibility index (Phi) is 5.40. The van der Waals surface area contributed by atoms with E-state index in [2.05, 4.69) is 0 Å². The van der Waals surface area contributed by atoms with Crippen LogP contribution in [0.4, 0.5) is 10.5 Å². The summed E-state index contributed by atoms with van der Waals surface area (Å²) >= 11 is 0. The average molecular weight is 357 g/mol. The predicted octanol–water partition coefficient (Wildman–Crippen LogP) is 1.75. The van der Waals surface area contributed by atoms with Gasteiger partial charge in [0.05, 0.1) is 4.92 Å². The maximum atomic E-state index is 12.9. The Morgan fingerprint density at radius 2 is 1.92 bits per heavy atom. The van der Waals surface area contributed by atoms with Gasteiger partial charge in [-0.1, -0.05) is 12.1 Å². The van der Waals surface area contributed by atoms with Crippen LogP contribution in [-0.2, 0) is 10.0 Å². The molecule has 0 saturated carbocycles. The normalized spacial score (nSPS) is 20.2. The highest BCUT2D eigenvalue weighted by molar-refractivity contribution is 7.89. The highest BCUT2D eigenvalue weighted by Gasteiger charge is 2.35. The lowest BCUT2D eigenvalue weighted by Crippen LogP contribution is -2.49. The number of amides is 1. The number of carbonyl (C=O) groups is 1. The molecule has 1 aliphatic rings. The molecule has 2 rings (SSSR count). The summed E-state index contributed by atoms with van der Waals surface area (Å²) < 4.78 is 27.0. The van der Waals surface area contributed by atoms with Crippen molar-refractivity contribution >= 4 is 21.8 Å². The molecule has 10 heteroatoms. The summed E-state index contributed by atoms with van der Waals surface area (Å²) in [4.78, 5) is 22.4. The van der Waals surface area contributed by atoms with Crippen LogP contribution in [-0.4, -0.2) is 59.4 Å². The zero-order valence-corrected chi connectivity index (χ0v) is 14.0. The molecular formula is C14H19N3O6S. The van der Waals surface area contributed by atoms with Gasteiger partial charge in [-0.15, -0.1) is 0 Å². The number of para-hydroxylation sites is 1. The molecule has 1 atom stereocenters. The van der Waals surface area contributed by atoms with E-state index in [1.807, 2.05) is 0 Å². The summed E-state index contributed by atoms with van der Waals surface area (Å²) in [7, 11) is -4.10. The van der Waals surface area contributed by atoms with Crippen LogP contribution in [0.15, 0.2) is 29.2 Å². The fourth-order valence-electron chi connectivity index (χ4n) is 2.78. The second-order valence-electron chi connectivity index (χ2n) is 5.63. The topological polar surface area (TPSA) is 121 Å².